The Kier molecular flexibility index (Phi) is 3.08. The van der Waals surface area contributed by atoms with E-state index in [4.69, 9.17) is 0 Å². The first-order valence-corrected chi connectivity index (χ1v) is 7.13. The van der Waals surface area contributed by atoms with E-state index in [0.29, 0.717) is 5.39 Å². The lowest BCUT2D eigenvalue weighted by atomic mass is 9.99. The Labute approximate surface area is 109 Å². The van der Waals surface area contributed by atoms with Crippen LogP contribution in [0, 0.1) is 0 Å². The number of halogens is 2. The molecule has 0 radical (unpaired) electrons. The van der Waals surface area contributed by atoms with Crippen LogP contribution < -0.4 is 5.32 Å². The van der Waals surface area contributed by atoms with Gasteiger partial charge in [0.15, 0.2) is 0 Å². The lowest BCUT2D eigenvalue weighted by Crippen LogP contribution is -2.29. The monoisotopic (exact) mass is 267 g/mol. The summed E-state index contributed by atoms with van der Waals surface area (Å²) in [5.41, 5.74) is 0.191. The average Bonchev–Trinajstić information content (AvgIpc) is 2.96. The molecule has 0 bridgehead atoms. The predicted octanol–water partition coefficient (Wildman–Crippen LogP) is 4.14. The van der Waals surface area contributed by atoms with Gasteiger partial charge in [-0.25, -0.2) is 8.78 Å². The summed E-state index contributed by atoms with van der Waals surface area (Å²) in [6, 6.07) is 7.35. The Hall–Kier alpha value is -1.00. The molecule has 1 fully saturated rings. The van der Waals surface area contributed by atoms with Crippen molar-refractivity contribution in [1.82, 2.24) is 5.32 Å². The van der Waals surface area contributed by atoms with Crippen molar-refractivity contribution in [1.29, 1.82) is 0 Å². The molecule has 0 saturated carbocycles. The number of hydrogen-bond acceptors (Lipinski definition) is 2. The smallest absolute Gasteiger partial charge is 0.276 e. The van der Waals surface area contributed by atoms with Gasteiger partial charge in [0, 0.05) is 33.5 Å². The van der Waals surface area contributed by atoms with E-state index in [1.807, 2.05) is 18.2 Å². The van der Waals surface area contributed by atoms with Crippen molar-refractivity contribution in [2.24, 2.45) is 0 Å². The van der Waals surface area contributed by atoms with Crippen molar-refractivity contribution in [3.05, 3.63) is 35.2 Å². The summed E-state index contributed by atoms with van der Waals surface area (Å²) in [4.78, 5) is 0. The van der Waals surface area contributed by atoms with E-state index in [0.717, 1.165) is 24.1 Å². The fraction of sp³-hybridized carbons (Fsp3) is 0.429. The highest BCUT2D eigenvalue weighted by atomic mass is 32.1. The van der Waals surface area contributed by atoms with Crippen LogP contribution >= 0.6 is 11.3 Å². The van der Waals surface area contributed by atoms with Crippen molar-refractivity contribution >= 4 is 21.4 Å². The van der Waals surface area contributed by atoms with Crippen molar-refractivity contribution in [3.63, 3.8) is 0 Å². The third kappa shape index (κ3) is 2.15. The molecule has 2 aromatic rings. The number of alkyl halides is 2. The lowest BCUT2D eigenvalue weighted by molar-refractivity contribution is -0.0194. The van der Waals surface area contributed by atoms with Crippen LogP contribution in [-0.4, -0.2) is 12.6 Å². The van der Waals surface area contributed by atoms with Gasteiger partial charge in [0.25, 0.3) is 5.92 Å². The Balaban J connectivity index is 1.91. The molecule has 1 N–H and O–H groups in total. The molecule has 1 nitrogen and oxygen atoms in total. The zero-order chi connectivity index (χ0) is 12.6. The normalized spacial score (nSPS) is 20.7. The van der Waals surface area contributed by atoms with Crippen LogP contribution in [0.2, 0.25) is 0 Å². The molecule has 96 valence electrons. The van der Waals surface area contributed by atoms with Crippen LogP contribution in [0.5, 0.6) is 0 Å². The first kappa shape index (κ1) is 12.1. The van der Waals surface area contributed by atoms with Gasteiger partial charge in [-0.1, -0.05) is 18.2 Å². The van der Waals surface area contributed by atoms with Gasteiger partial charge in [0.1, 0.15) is 0 Å². The summed E-state index contributed by atoms with van der Waals surface area (Å²) in [7, 11) is 0. The van der Waals surface area contributed by atoms with E-state index in [2.05, 4.69) is 5.32 Å². The molecule has 0 spiro atoms. The third-order valence-corrected chi connectivity index (χ3v) is 4.50. The Morgan fingerprint density at radius 2 is 2.17 bits per heavy atom. The van der Waals surface area contributed by atoms with E-state index in [9.17, 15) is 8.78 Å². The third-order valence-electron chi connectivity index (χ3n) is 3.54. The number of rotatable bonds is 3. The zero-order valence-electron chi connectivity index (χ0n) is 9.96. The lowest BCUT2D eigenvalue weighted by Gasteiger charge is -2.20. The van der Waals surface area contributed by atoms with Crippen LogP contribution in [0.3, 0.4) is 0 Å². The van der Waals surface area contributed by atoms with E-state index in [-0.39, 0.29) is 18.0 Å². The molecule has 1 saturated heterocycles. The van der Waals surface area contributed by atoms with E-state index in [1.54, 1.807) is 11.4 Å². The van der Waals surface area contributed by atoms with Crippen LogP contribution in [0.25, 0.3) is 10.1 Å². The highest BCUT2D eigenvalue weighted by molar-refractivity contribution is 7.17. The maximum Gasteiger partial charge on any atom is 0.276 e. The minimum absolute atomic E-state index is 0.0429. The van der Waals surface area contributed by atoms with Crippen molar-refractivity contribution in [3.8, 4) is 0 Å². The second-order valence-corrected chi connectivity index (χ2v) is 5.76. The fourth-order valence-electron chi connectivity index (χ4n) is 2.61. The van der Waals surface area contributed by atoms with Crippen LogP contribution in [0.15, 0.2) is 29.6 Å². The maximum atomic E-state index is 14.3. The van der Waals surface area contributed by atoms with Crippen molar-refractivity contribution in [2.75, 3.05) is 6.54 Å². The molecular formula is C14H15F2NS. The molecule has 3 rings (SSSR count). The number of thiophene rings is 1. The zero-order valence-corrected chi connectivity index (χ0v) is 10.8. The van der Waals surface area contributed by atoms with Gasteiger partial charge < -0.3 is 5.32 Å². The molecule has 0 aliphatic carbocycles. The predicted molar refractivity (Wildman–Crippen MR) is 71.4 cm³/mol. The molecule has 1 aromatic heterocycles. The topological polar surface area (TPSA) is 12.0 Å². The highest BCUT2D eigenvalue weighted by Crippen LogP contribution is 2.41. The molecule has 1 aliphatic rings. The summed E-state index contributed by atoms with van der Waals surface area (Å²) >= 11 is 1.40. The minimum atomic E-state index is -2.73. The fourth-order valence-corrected chi connectivity index (χ4v) is 3.62. The first-order chi connectivity index (χ1) is 8.67. The number of nitrogens with one attached hydrogen (secondary N) is 1. The Morgan fingerprint density at radius 3 is 2.94 bits per heavy atom. The summed E-state index contributed by atoms with van der Waals surface area (Å²) in [5, 5.41) is 5.46. The van der Waals surface area contributed by atoms with Crippen LogP contribution in [-0.2, 0) is 5.92 Å². The van der Waals surface area contributed by atoms with Crippen molar-refractivity contribution in [2.45, 2.75) is 31.2 Å². The van der Waals surface area contributed by atoms with Gasteiger partial charge in [0.05, 0.1) is 0 Å². The molecule has 18 heavy (non-hydrogen) atoms. The summed E-state index contributed by atoms with van der Waals surface area (Å²) in [6.07, 6.45) is 1.77. The van der Waals surface area contributed by atoms with Gasteiger partial charge in [-0.3, -0.25) is 0 Å². The molecule has 1 atom stereocenters. The largest absolute Gasteiger partial charge is 0.314 e. The highest BCUT2D eigenvalue weighted by Gasteiger charge is 2.37. The van der Waals surface area contributed by atoms with Crippen molar-refractivity contribution < 1.29 is 8.78 Å². The standard InChI is InChI=1S/C14H15F2NS/c15-14(16,8-10-4-3-7-17-10)12-9-18-13-6-2-1-5-11(12)13/h1-2,5-6,9-10,17H,3-4,7-8H2. The SMILES string of the molecule is FC(F)(CC1CCCN1)c1csc2ccccc12. The van der Waals surface area contributed by atoms with Gasteiger partial charge in [-0.2, -0.15) is 0 Å². The van der Waals surface area contributed by atoms with Gasteiger partial charge in [0.2, 0.25) is 0 Å². The number of fused-ring (bicyclic) bond motifs is 1. The second kappa shape index (κ2) is 4.59. The molecule has 0 amide bonds. The minimum Gasteiger partial charge on any atom is -0.314 e. The molecule has 2 heterocycles. The molecule has 1 aromatic carbocycles. The molecular weight excluding hydrogens is 252 g/mol. The molecule has 1 unspecified atom stereocenters. The van der Waals surface area contributed by atoms with E-state index < -0.39 is 5.92 Å². The molecule has 1 aliphatic heterocycles. The van der Waals surface area contributed by atoms with E-state index in [1.165, 1.54) is 11.3 Å². The average molecular weight is 267 g/mol. The van der Waals surface area contributed by atoms with Gasteiger partial charge >= 0.3 is 0 Å². The number of hydrogen-bond donors (Lipinski definition) is 1. The maximum absolute atomic E-state index is 14.3. The summed E-state index contributed by atoms with van der Waals surface area (Å²) in [6.45, 7) is 0.866. The Morgan fingerprint density at radius 1 is 1.33 bits per heavy atom. The number of benzene rings is 1. The first-order valence-electron chi connectivity index (χ1n) is 6.25. The summed E-state index contributed by atoms with van der Waals surface area (Å²) < 4.78 is 29.6. The van der Waals surface area contributed by atoms with E-state index >= 15 is 0 Å². The van der Waals surface area contributed by atoms with Crippen LogP contribution in [0.1, 0.15) is 24.8 Å². The Bertz CT molecular complexity index is 543. The van der Waals surface area contributed by atoms with Crippen LogP contribution in [0.4, 0.5) is 8.78 Å². The summed E-state index contributed by atoms with van der Waals surface area (Å²) in [5.74, 6) is -2.73. The van der Waals surface area contributed by atoms with Gasteiger partial charge in [-0.05, 0) is 25.5 Å². The van der Waals surface area contributed by atoms with Gasteiger partial charge in [-0.15, -0.1) is 11.3 Å². The quantitative estimate of drug-likeness (QED) is 0.881. The second-order valence-electron chi connectivity index (χ2n) is 4.85. The molecule has 4 heteroatoms.